The normalized spacial score (nSPS) is 15.2. The van der Waals surface area contributed by atoms with Crippen molar-refractivity contribution in [1.29, 1.82) is 0 Å². The van der Waals surface area contributed by atoms with E-state index in [9.17, 15) is 13.2 Å². The first kappa shape index (κ1) is 20.6. The van der Waals surface area contributed by atoms with Gasteiger partial charge in [0.1, 0.15) is 5.75 Å². The molecule has 1 fully saturated rings. The molecule has 1 aliphatic heterocycles. The summed E-state index contributed by atoms with van der Waals surface area (Å²) in [6.07, 6.45) is 2.77. The van der Waals surface area contributed by atoms with E-state index < -0.39 is 15.9 Å². The predicted molar refractivity (Wildman–Crippen MR) is 110 cm³/mol. The molecule has 2 aromatic rings. The predicted octanol–water partition coefficient (Wildman–Crippen LogP) is 4.08. The van der Waals surface area contributed by atoms with Crippen LogP contribution < -0.4 is 10.1 Å². The molecule has 1 heterocycles. The Kier molecular flexibility index (Phi) is 6.27. The van der Waals surface area contributed by atoms with Gasteiger partial charge in [-0.1, -0.05) is 24.1 Å². The number of carbonyl (C=O) groups is 1. The molecular weight excluding hydrogens is 400 g/mol. The van der Waals surface area contributed by atoms with Gasteiger partial charge in [-0.05, 0) is 55.7 Å². The summed E-state index contributed by atoms with van der Waals surface area (Å²) < 4.78 is 32.8. The number of aryl methyl sites for hydroxylation is 1. The Morgan fingerprint density at radius 2 is 1.82 bits per heavy atom. The van der Waals surface area contributed by atoms with E-state index in [-0.39, 0.29) is 10.5 Å². The number of hydrogen-bond donors (Lipinski definition) is 1. The van der Waals surface area contributed by atoms with Crippen molar-refractivity contribution in [3.8, 4) is 5.75 Å². The lowest BCUT2D eigenvalue weighted by Gasteiger charge is -2.26. The number of carbonyl (C=O) groups excluding carboxylic acids is 1. The molecule has 0 bridgehead atoms. The Morgan fingerprint density at radius 1 is 1.11 bits per heavy atom. The number of methoxy groups -OCH3 is 1. The molecule has 0 unspecified atom stereocenters. The minimum absolute atomic E-state index is 0.213. The molecular formula is C20H23ClN2O4S. The maximum absolute atomic E-state index is 13.0. The van der Waals surface area contributed by atoms with Crippen molar-refractivity contribution < 1.29 is 17.9 Å². The van der Waals surface area contributed by atoms with Gasteiger partial charge in [-0.2, -0.15) is 4.31 Å². The summed E-state index contributed by atoms with van der Waals surface area (Å²) in [4.78, 5) is 12.9. The molecule has 150 valence electrons. The smallest absolute Gasteiger partial charge is 0.259 e. The van der Waals surface area contributed by atoms with Crippen molar-refractivity contribution in [2.24, 2.45) is 0 Å². The molecule has 0 spiro atoms. The number of anilines is 1. The van der Waals surface area contributed by atoms with E-state index in [2.05, 4.69) is 5.32 Å². The molecule has 2 aromatic carbocycles. The molecule has 28 heavy (non-hydrogen) atoms. The lowest BCUT2D eigenvalue weighted by atomic mass is 10.1. The van der Waals surface area contributed by atoms with Crippen molar-refractivity contribution >= 4 is 33.2 Å². The lowest BCUT2D eigenvalue weighted by molar-refractivity contribution is 0.102. The molecule has 1 aliphatic rings. The van der Waals surface area contributed by atoms with E-state index >= 15 is 0 Å². The van der Waals surface area contributed by atoms with Crippen LogP contribution in [0.5, 0.6) is 5.75 Å². The highest BCUT2D eigenvalue weighted by Crippen LogP contribution is 2.28. The molecule has 1 N–H and O–H groups in total. The topological polar surface area (TPSA) is 75.7 Å². The van der Waals surface area contributed by atoms with Crippen molar-refractivity contribution in [2.45, 2.75) is 31.1 Å². The molecule has 0 aromatic heterocycles. The minimum Gasteiger partial charge on any atom is -0.496 e. The van der Waals surface area contributed by atoms with Gasteiger partial charge in [0.25, 0.3) is 5.91 Å². The summed E-state index contributed by atoms with van der Waals surface area (Å²) in [5.74, 6) is -0.0419. The summed E-state index contributed by atoms with van der Waals surface area (Å²) in [7, 11) is -2.13. The second-order valence-electron chi connectivity index (χ2n) is 6.74. The second-order valence-corrected chi connectivity index (χ2v) is 9.09. The molecule has 0 saturated carbocycles. The number of nitrogens with zero attached hydrogens (tertiary/aromatic N) is 1. The number of amides is 1. The second kappa shape index (κ2) is 8.51. The first-order valence-electron chi connectivity index (χ1n) is 9.08. The fourth-order valence-corrected chi connectivity index (χ4v) is 5.20. The molecule has 0 aliphatic carbocycles. The Balaban J connectivity index is 1.89. The molecule has 0 radical (unpaired) electrons. The lowest BCUT2D eigenvalue weighted by Crippen LogP contribution is -2.36. The fraction of sp³-hybridized carbons (Fsp3) is 0.350. The van der Waals surface area contributed by atoms with Crippen LogP contribution in [0.25, 0.3) is 0 Å². The van der Waals surface area contributed by atoms with Crippen LogP contribution in [-0.4, -0.2) is 38.8 Å². The van der Waals surface area contributed by atoms with E-state index in [1.807, 2.05) is 0 Å². The minimum atomic E-state index is -3.60. The average Bonchev–Trinajstić information content (AvgIpc) is 2.70. The summed E-state index contributed by atoms with van der Waals surface area (Å²) in [6.45, 7) is 2.80. The summed E-state index contributed by atoms with van der Waals surface area (Å²) in [5, 5.41) is 3.15. The van der Waals surface area contributed by atoms with E-state index in [0.29, 0.717) is 35.1 Å². The zero-order valence-corrected chi connectivity index (χ0v) is 17.4. The third-order valence-corrected chi connectivity index (χ3v) is 7.06. The van der Waals surface area contributed by atoms with Crippen LogP contribution in [0, 0.1) is 6.92 Å². The Bertz CT molecular complexity index is 986. The maximum atomic E-state index is 13.0. The van der Waals surface area contributed by atoms with Crippen LogP contribution in [0.4, 0.5) is 5.69 Å². The van der Waals surface area contributed by atoms with Gasteiger partial charge < -0.3 is 10.1 Å². The third-order valence-electron chi connectivity index (χ3n) is 4.79. The molecule has 1 amide bonds. The third kappa shape index (κ3) is 4.32. The van der Waals surface area contributed by atoms with Crippen molar-refractivity contribution in [2.75, 3.05) is 25.5 Å². The van der Waals surface area contributed by atoms with Crippen molar-refractivity contribution in [1.82, 2.24) is 4.31 Å². The fourth-order valence-electron chi connectivity index (χ4n) is 3.26. The zero-order chi connectivity index (χ0) is 20.3. The monoisotopic (exact) mass is 422 g/mol. The van der Waals surface area contributed by atoms with Crippen molar-refractivity contribution in [3.05, 3.63) is 52.5 Å². The average molecular weight is 423 g/mol. The number of ether oxygens (including phenoxy) is 1. The Labute approximate surface area is 170 Å². The highest BCUT2D eigenvalue weighted by molar-refractivity contribution is 7.89. The Hall–Kier alpha value is -2.09. The van der Waals surface area contributed by atoms with E-state index in [4.69, 9.17) is 16.3 Å². The van der Waals surface area contributed by atoms with Crippen LogP contribution in [-0.2, 0) is 10.0 Å². The highest BCUT2D eigenvalue weighted by atomic mass is 35.5. The van der Waals surface area contributed by atoms with E-state index in [1.165, 1.54) is 23.5 Å². The number of halogens is 1. The molecule has 3 rings (SSSR count). The van der Waals surface area contributed by atoms with Gasteiger partial charge in [0.15, 0.2) is 0 Å². The van der Waals surface area contributed by atoms with Crippen LogP contribution in [0.2, 0.25) is 5.02 Å². The van der Waals surface area contributed by atoms with Gasteiger partial charge in [-0.15, -0.1) is 0 Å². The van der Waals surface area contributed by atoms with Crippen LogP contribution in [0.15, 0.2) is 41.3 Å². The molecule has 6 nitrogen and oxygen atoms in total. The van der Waals surface area contributed by atoms with Crippen LogP contribution in [0.3, 0.4) is 0 Å². The van der Waals surface area contributed by atoms with Gasteiger partial charge in [0.2, 0.25) is 10.0 Å². The maximum Gasteiger partial charge on any atom is 0.259 e. The molecule has 0 atom stereocenters. The van der Waals surface area contributed by atoms with Gasteiger partial charge in [0.05, 0.1) is 17.6 Å². The van der Waals surface area contributed by atoms with Crippen LogP contribution in [0.1, 0.15) is 35.2 Å². The van der Waals surface area contributed by atoms with Gasteiger partial charge in [-0.3, -0.25) is 4.79 Å². The number of benzene rings is 2. The largest absolute Gasteiger partial charge is 0.496 e. The van der Waals surface area contributed by atoms with Gasteiger partial charge in [-0.25, -0.2) is 8.42 Å². The van der Waals surface area contributed by atoms with Crippen molar-refractivity contribution in [3.63, 3.8) is 0 Å². The highest BCUT2D eigenvalue weighted by Gasteiger charge is 2.27. The summed E-state index contributed by atoms with van der Waals surface area (Å²) in [5.41, 5.74) is 1.31. The standard InChI is InChI=1S/C20H23ClN2O4S/c1-14-6-8-16(13-19(14)28(25,26)23-10-4-3-5-11-23)22-20(24)17-12-15(21)7-9-18(17)27-2/h6-9,12-13H,3-5,10-11H2,1-2H3,(H,22,24). The number of hydrogen-bond acceptors (Lipinski definition) is 4. The number of nitrogens with one attached hydrogen (secondary N) is 1. The van der Waals surface area contributed by atoms with Gasteiger partial charge in [0, 0.05) is 23.8 Å². The molecule has 1 saturated heterocycles. The number of sulfonamides is 1. The first-order chi connectivity index (χ1) is 13.3. The molecule has 8 heteroatoms. The SMILES string of the molecule is COc1ccc(Cl)cc1C(=O)Nc1ccc(C)c(S(=O)(=O)N2CCCCC2)c1. The quantitative estimate of drug-likeness (QED) is 0.787. The number of piperidine rings is 1. The Morgan fingerprint density at radius 3 is 2.50 bits per heavy atom. The van der Waals surface area contributed by atoms with Crippen LogP contribution >= 0.6 is 11.6 Å². The van der Waals surface area contributed by atoms with E-state index in [0.717, 1.165) is 19.3 Å². The van der Waals surface area contributed by atoms with E-state index in [1.54, 1.807) is 31.2 Å². The summed E-state index contributed by atoms with van der Waals surface area (Å²) in [6, 6.07) is 9.63. The number of rotatable bonds is 5. The first-order valence-corrected chi connectivity index (χ1v) is 10.9. The summed E-state index contributed by atoms with van der Waals surface area (Å²) >= 11 is 5.99. The van der Waals surface area contributed by atoms with Gasteiger partial charge >= 0.3 is 0 Å². The zero-order valence-electron chi connectivity index (χ0n) is 15.9.